The Bertz CT molecular complexity index is 1140. The molecule has 4 nitrogen and oxygen atoms in total. The molecule has 5 heteroatoms. The minimum atomic E-state index is -0.973. The number of anilines is 1. The van der Waals surface area contributed by atoms with Crippen molar-refractivity contribution in [3.63, 3.8) is 0 Å². The Morgan fingerprint density at radius 1 is 1.03 bits per heavy atom. The van der Waals surface area contributed by atoms with E-state index in [4.69, 9.17) is 11.6 Å². The number of carboxylic acids is 1. The van der Waals surface area contributed by atoms with Gasteiger partial charge in [0.25, 0.3) is 0 Å². The molecule has 170 valence electrons. The van der Waals surface area contributed by atoms with Crippen molar-refractivity contribution in [2.45, 2.75) is 55.9 Å². The molecule has 1 fully saturated rings. The molecule has 33 heavy (non-hydrogen) atoms. The van der Waals surface area contributed by atoms with Crippen molar-refractivity contribution in [3.8, 4) is 0 Å². The molecule has 1 heterocycles. The number of nitrogens with one attached hydrogen (secondary N) is 1. The molecule has 1 spiro atoms. The molecule has 0 radical (unpaired) electrons. The molecule has 0 aliphatic heterocycles. The number of halogens is 1. The van der Waals surface area contributed by atoms with Crippen molar-refractivity contribution in [3.05, 3.63) is 94.8 Å². The first-order valence-corrected chi connectivity index (χ1v) is 12.1. The van der Waals surface area contributed by atoms with E-state index >= 15 is 0 Å². The van der Waals surface area contributed by atoms with Gasteiger partial charge in [0, 0.05) is 22.6 Å². The van der Waals surface area contributed by atoms with E-state index in [1.54, 1.807) is 12.1 Å². The highest BCUT2D eigenvalue weighted by molar-refractivity contribution is 6.30. The van der Waals surface area contributed by atoms with Crippen LogP contribution in [0.15, 0.2) is 72.9 Å². The minimum Gasteiger partial charge on any atom is -0.480 e. The average molecular weight is 461 g/mol. The van der Waals surface area contributed by atoms with Crippen LogP contribution in [0.2, 0.25) is 5.02 Å². The van der Waals surface area contributed by atoms with Crippen LogP contribution in [0.4, 0.5) is 5.69 Å². The highest BCUT2D eigenvalue weighted by Gasteiger charge is 2.53. The maximum atomic E-state index is 12.5. The van der Waals surface area contributed by atoms with Gasteiger partial charge in [-0.15, -0.1) is 0 Å². The maximum absolute atomic E-state index is 12.5. The molecule has 1 saturated carbocycles. The van der Waals surface area contributed by atoms with E-state index in [9.17, 15) is 9.90 Å². The first-order chi connectivity index (χ1) is 16.0. The number of pyridine rings is 1. The zero-order valence-electron chi connectivity index (χ0n) is 18.6. The molecule has 5 rings (SSSR count). The molecule has 0 bridgehead atoms. The highest BCUT2D eigenvalue weighted by atomic mass is 35.5. The molecule has 2 aliphatic rings. The minimum absolute atomic E-state index is 0.0281. The third-order valence-corrected chi connectivity index (χ3v) is 8.13. The number of hydrogen-bond donors (Lipinski definition) is 2. The van der Waals surface area contributed by atoms with Crippen LogP contribution in [0.25, 0.3) is 0 Å². The van der Waals surface area contributed by atoms with Crippen LogP contribution in [0, 0.1) is 5.92 Å². The van der Waals surface area contributed by atoms with Crippen molar-refractivity contribution in [2.24, 2.45) is 5.92 Å². The zero-order valence-corrected chi connectivity index (χ0v) is 19.4. The van der Waals surface area contributed by atoms with Crippen LogP contribution >= 0.6 is 11.6 Å². The second-order valence-corrected chi connectivity index (χ2v) is 10.0. The van der Waals surface area contributed by atoms with Gasteiger partial charge in [0.05, 0.1) is 0 Å². The second kappa shape index (κ2) is 8.83. The molecule has 3 aromatic rings. The first-order valence-electron chi connectivity index (χ1n) is 11.8. The summed E-state index contributed by atoms with van der Waals surface area (Å²) in [6, 6.07) is 22.2. The molecule has 2 N–H and O–H groups in total. The number of benzene rings is 2. The van der Waals surface area contributed by atoms with Crippen LogP contribution in [0.1, 0.15) is 48.9 Å². The lowest BCUT2D eigenvalue weighted by atomic mass is 9.60. The number of fused-ring (bicyclic) bond motifs is 2. The van der Waals surface area contributed by atoms with Crippen LogP contribution in [-0.4, -0.2) is 21.6 Å². The molecule has 1 atom stereocenters. The molecule has 1 unspecified atom stereocenters. The molecule has 2 aliphatic carbocycles. The molecular formula is C28H29ClN2O2. The van der Waals surface area contributed by atoms with Gasteiger partial charge in [0.2, 0.25) is 0 Å². The number of aromatic nitrogens is 1. The molecular weight excluding hydrogens is 432 g/mol. The predicted molar refractivity (Wildman–Crippen MR) is 132 cm³/mol. The largest absolute Gasteiger partial charge is 0.480 e. The highest BCUT2D eigenvalue weighted by Crippen LogP contribution is 2.55. The summed E-state index contributed by atoms with van der Waals surface area (Å²) < 4.78 is 0. The van der Waals surface area contributed by atoms with Gasteiger partial charge in [-0.1, -0.05) is 48.0 Å². The van der Waals surface area contributed by atoms with Gasteiger partial charge >= 0.3 is 5.97 Å². The third-order valence-electron chi connectivity index (χ3n) is 7.89. The van der Waals surface area contributed by atoms with Gasteiger partial charge in [-0.2, -0.15) is 0 Å². The average Bonchev–Trinajstić information content (AvgIpc) is 3.13. The molecule has 2 aromatic carbocycles. The van der Waals surface area contributed by atoms with Crippen molar-refractivity contribution in [1.29, 1.82) is 0 Å². The predicted octanol–water partition coefficient (Wildman–Crippen LogP) is 6.29. The summed E-state index contributed by atoms with van der Waals surface area (Å²) in [6.07, 6.45) is 7.82. The Morgan fingerprint density at radius 2 is 1.82 bits per heavy atom. The van der Waals surface area contributed by atoms with Gasteiger partial charge in [-0.05, 0) is 97.7 Å². The summed E-state index contributed by atoms with van der Waals surface area (Å²) in [5.41, 5.74) is 3.80. The van der Waals surface area contributed by atoms with Crippen molar-refractivity contribution in [2.75, 3.05) is 5.32 Å². The fourth-order valence-electron chi connectivity index (χ4n) is 6.15. The SMILES string of the molecule is O=C(O)C1(Nc2cccc(Cl)c2)CCC2(CC1)c1ccccc1CC2CCc1ccccn1. The normalized spacial score (nSPS) is 26.2. The van der Waals surface area contributed by atoms with Crippen LogP contribution in [0.5, 0.6) is 0 Å². The van der Waals surface area contributed by atoms with E-state index in [-0.39, 0.29) is 5.41 Å². The summed E-state index contributed by atoms with van der Waals surface area (Å²) in [4.78, 5) is 17.0. The fourth-order valence-corrected chi connectivity index (χ4v) is 6.34. The smallest absolute Gasteiger partial charge is 0.329 e. The van der Waals surface area contributed by atoms with E-state index in [1.165, 1.54) is 11.1 Å². The third kappa shape index (κ3) is 4.13. The number of carboxylic acid groups (broad SMARTS) is 1. The second-order valence-electron chi connectivity index (χ2n) is 9.60. The number of carbonyl (C=O) groups is 1. The van der Waals surface area contributed by atoms with E-state index in [2.05, 4.69) is 40.6 Å². The summed E-state index contributed by atoms with van der Waals surface area (Å²) in [5.74, 6) is -0.288. The molecule has 1 aromatic heterocycles. The first kappa shape index (κ1) is 22.0. The molecule has 0 amide bonds. The Labute approximate surface area is 200 Å². The number of aliphatic carboxylic acids is 1. The number of hydrogen-bond acceptors (Lipinski definition) is 3. The fraction of sp³-hybridized carbons (Fsp3) is 0.357. The van der Waals surface area contributed by atoms with Gasteiger partial charge in [-0.3, -0.25) is 4.98 Å². The summed E-state index contributed by atoms with van der Waals surface area (Å²) in [7, 11) is 0. The van der Waals surface area contributed by atoms with E-state index in [0.717, 1.165) is 43.5 Å². The Morgan fingerprint density at radius 3 is 2.55 bits per heavy atom. The lowest BCUT2D eigenvalue weighted by Gasteiger charge is -2.47. The van der Waals surface area contributed by atoms with E-state index in [0.29, 0.717) is 23.8 Å². The summed E-state index contributed by atoms with van der Waals surface area (Å²) >= 11 is 6.15. The van der Waals surface area contributed by atoms with E-state index < -0.39 is 11.5 Å². The number of nitrogens with zero attached hydrogens (tertiary/aromatic N) is 1. The van der Waals surface area contributed by atoms with Gasteiger partial charge < -0.3 is 10.4 Å². The van der Waals surface area contributed by atoms with Gasteiger partial charge in [-0.25, -0.2) is 4.79 Å². The van der Waals surface area contributed by atoms with Gasteiger partial charge in [0.15, 0.2) is 0 Å². The Balaban J connectivity index is 1.41. The Hall–Kier alpha value is -2.85. The topological polar surface area (TPSA) is 62.2 Å². The molecule has 0 saturated heterocycles. The van der Waals surface area contributed by atoms with Crippen LogP contribution in [-0.2, 0) is 23.1 Å². The summed E-state index contributed by atoms with van der Waals surface area (Å²) in [5, 5.41) is 14.2. The zero-order chi connectivity index (χ0) is 22.9. The standard InChI is InChI=1S/C28H29ClN2O2/c29-22-7-5-9-24(19-22)31-28(26(32)33)15-13-27(14-16-28)21(11-12-23-8-3-4-17-30-23)18-20-6-1-2-10-25(20)27/h1-10,17,19,21,31H,11-16,18H2,(H,32,33). The maximum Gasteiger partial charge on any atom is 0.329 e. The lowest BCUT2D eigenvalue weighted by Crippen LogP contribution is -2.53. The monoisotopic (exact) mass is 460 g/mol. The number of aryl methyl sites for hydroxylation is 1. The van der Waals surface area contributed by atoms with Gasteiger partial charge in [0.1, 0.15) is 5.54 Å². The van der Waals surface area contributed by atoms with Crippen molar-refractivity contribution < 1.29 is 9.90 Å². The number of rotatable bonds is 6. The summed E-state index contributed by atoms with van der Waals surface area (Å²) in [6.45, 7) is 0. The van der Waals surface area contributed by atoms with Crippen molar-refractivity contribution in [1.82, 2.24) is 4.98 Å². The quantitative estimate of drug-likeness (QED) is 0.454. The van der Waals surface area contributed by atoms with Crippen molar-refractivity contribution >= 4 is 23.3 Å². The lowest BCUT2D eigenvalue weighted by molar-refractivity contribution is -0.144. The van der Waals surface area contributed by atoms with Crippen LogP contribution < -0.4 is 5.32 Å². The van der Waals surface area contributed by atoms with Crippen LogP contribution in [0.3, 0.4) is 0 Å². The van der Waals surface area contributed by atoms with E-state index in [1.807, 2.05) is 30.5 Å². The Kier molecular flexibility index (Phi) is 5.88.